The van der Waals surface area contributed by atoms with Crippen molar-refractivity contribution >= 4 is 5.82 Å². The number of fused-ring (bicyclic) bond motifs is 1. The van der Waals surface area contributed by atoms with Crippen molar-refractivity contribution < 1.29 is 0 Å². The second-order valence-electron chi connectivity index (χ2n) is 6.68. The number of hydrogen-bond acceptors (Lipinski definition) is 4. The SMILES string of the molecule is CC(C)(C)c1cc(NN)nc(C2CCc3ccccc32)n1. The number of aromatic nitrogens is 2. The van der Waals surface area contributed by atoms with Crippen molar-refractivity contribution in [1.29, 1.82) is 0 Å². The summed E-state index contributed by atoms with van der Waals surface area (Å²) in [6, 6.07) is 10.5. The molecule has 0 aliphatic heterocycles. The largest absolute Gasteiger partial charge is 0.308 e. The highest BCUT2D eigenvalue weighted by Gasteiger charge is 2.28. The van der Waals surface area contributed by atoms with Gasteiger partial charge in [0.15, 0.2) is 0 Å². The van der Waals surface area contributed by atoms with Crippen molar-refractivity contribution in [3.8, 4) is 0 Å². The third-order valence-electron chi connectivity index (χ3n) is 4.10. The maximum Gasteiger partial charge on any atom is 0.143 e. The lowest BCUT2D eigenvalue weighted by Crippen LogP contribution is -2.19. The highest BCUT2D eigenvalue weighted by molar-refractivity contribution is 5.42. The smallest absolute Gasteiger partial charge is 0.143 e. The molecule has 0 bridgehead atoms. The summed E-state index contributed by atoms with van der Waals surface area (Å²) in [7, 11) is 0. The Hall–Kier alpha value is -1.94. The van der Waals surface area contributed by atoms with Crippen LogP contribution >= 0.6 is 0 Å². The van der Waals surface area contributed by atoms with Gasteiger partial charge in [-0.1, -0.05) is 45.0 Å². The van der Waals surface area contributed by atoms with E-state index >= 15 is 0 Å². The molecule has 21 heavy (non-hydrogen) atoms. The van der Waals surface area contributed by atoms with Crippen LogP contribution in [0.15, 0.2) is 30.3 Å². The van der Waals surface area contributed by atoms with Gasteiger partial charge in [-0.2, -0.15) is 0 Å². The van der Waals surface area contributed by atoms with Crippen molar-refractivity contribution in [2.24, 2.45) is 5.84 Å². The van der Waals surface area contributed by atoms with Crippen molar-refractivity contribution in [2.45, 2.75) is 44.9 Å². The Morgan fingerprint density at radius 3 is 2.67 bits per heavy atom. The number of rotatable bonds is 2. The van der Waals surface area contributed by atoms with Crippen molar-refractivity contribution in [1.82, 2.24) is 9.97 Å². The molecule has 0 amide bonds. The van der Waals surface area contributed by atoms with Crippen molar-refractivity contribution in [3.63, 3.8) is 0 Å². The molecular formula is C17H22N4. The Morgan fingerprint density at radius 2 is 1.95 bits per heavy atom. The Kier molecular flexibility index (Phi) is 3.41. The average Bonchev–Trinajstić information content (AvgIpc) is 2.89. The fraction of sp³-hybridized carbons (Fsp3) is 0.412. The first kappa shape index (κ1) is 14.0. The second-order valence-corrected chi connectivity index (χ2v) is 6.68. The molecule has 1 aliphatic carbocycles. The van der Waals surface area contributed by atoms with E-state index in [0.29, 0.717) is 5.82 Å². The maximum atomic E-state index is 5.58. The zero-order valence-corrected chi connectivity index (χ0v) is 12.9. The Bertz CT molecular complexity index is 658. The first-order chi connectivity index (χ1) is 9.99. The number of anilines is 1. The molecule has 1 aromatic heterocycles. The van der Waals surface area contributed by atoms with Gasteiger partial charge in [-0.05, 0) is 24.0 Å². The van der Waals surface area contributed by atoms with E-state index in [1.165, 1.54) is 11.1 Å². The van der Waals surface area contributed by atoms with Crippen LogP contribution in [0.4, 0.5) is 5.82 Å². The molecule has 0 spiro atoms. The molecule has 1 aromatic carbocycles. The summed E-state index contributed by atoms with van der Waals surface area (Å²) in [4.78, 5) is 9.43. The highest BCUT2D eigenvalue weighted by Crippen LogP contribution is 2.37. The second kappa shape index (κ2) is 5.11. The lowest BCUT2D eigenvalue weighted by molar-refractivity contribution is 0.558. The van der Waals surface area contributed by atoms with Gasteiger partial charge in [-0.3, -0.25) is 0 Å². The van der Waals surface area contributed by atoms with Crippen LogP contribution in [-0.4, -0.2) is 9.97 Å². The lowest BCUT2D eigenvalue weighted by Gasteiger charge is -2.21. The van der Waals surface area contributed by atoms with E-state index in [9.17, 15) is 0 Å². The van der Waals surface area contributed by atoms with Gasteiger partial charge in [0.2, 0.25) is 0 Å². The van der Waals surface area contributed by atoms with Gasteiger partial charge in [0.05, 0.1) is 5.69 Å². The molecule has 1 aliphatic rings. The van der Waals surface area contributed by atoms with Gasteiger partial charge in [0, 0.05) is 17.4 Å². The summed E-state index contributed by atoms with van der Waals surface area (Å²) < 4.78 is 0. The van der Waals surface area contributed by atoms with Crippen LogP contribution in [0.2, 0.25) is 0 Å². The molecule has 2 aromatic rings. The zero-order chi connectivity index (χ0) is 15.0. The van der Waals surface area contributed by atoms with E-state index < -0.39 is 0 Å². The van der Waals surface area contributed by atoms with E-state index in [1.807, 2.05) is 6.07 Å². The van der Waals surface area contributed by atoms with Gasteiger partial charge in [0.1, 0.15) is 11.6 Å². The van der Waals surface area contributed by atoms with Gasteiger partial charge >= 0.3 is 0 Å². The van der Waals surface area contributed by atoms with Gasteiger partial charge in [0.25, 0.3) is 0 Å². The number of benzene rings is 1. The molecule has 0 radical (unpaired) electrons. The monoisotopic (exact) mass is 282 g/mol. The van der Waals surface area contributed by atoms with Crippen LogP contribution in [0.25, 0.3) is 0 Å². The lowest BCUT2D eigenvalue weighted by atomic mass is 9.91. The van der Waals surface area contributed by atoms with Gasteiger partial charge in [-0.25, -0.2) is 15.8 Å². The molecule has 3 N–H and O–H groups in total. The maximum absolute atomic E-state index is 5.58. The molecule has 0 saturated carbocycles. The molecule has 4 nitrogen and oxygen atoms in total. The topological polar surface area (TPSA) is 63.8 Å². The third-order valence-corrected chi connectivity index (χ3v) is 4.10. The van der Waals surface area contributed by atoms with Crippen LogP contribution in [-0.2, 0) is 11.8 Å². The number of nitrogen functional groups attached to an aromatic ring is 1. The van der Waals surface area contributed by atoms with E-state index in [4.69, 9.17) is 10.8 Å². The average molecular weight is 282 g/mol. The number of nitrogens with two attached hydrogens (primary N) is 1. The van der Waals surface area contributed by atoms with Crippen LogP contribution in [0, 0.1) is 0 Å². The summed E-state index contributed by atoms with van der Waals surface area (Å²) in [6.07, 6.45) is 2.16. The minimum atomic E-state index is -0.0264. The predicted molar refractivity (Wildman–Crippen MR) is 85.1 cm³/mol. The number of aryl methyl sites for hydroxylation is 1. The van der Waals surface area contributed by atoms with Crippen LogP contribution in [0.1, 0.15) is 55.8 Å². The van der Waals surface area contributed by atoms with E-state index in [2.05, 4.69) is 55.4 Å². The summed E-state index contributed by atoms with van der Waals surface area (Å²) in [5, 5.41) is 0. The first-order valence-electron chi connectivity index (χ1n) is 7.43. The summed E-state index contributed by atoms with van der Waals surface area (Å²) in [6.45, 7) is 6.46. The summed E-state index contributed by atoms with van der Waals surface area (Å²) in [5.74, 6) is 7.42. The summed E-state index contributed by atoms with van der Waals surface area (Å²) >= 11 is 0. The van der Waals surface area contributed by atoms with Crippen LogP contribution < -0.4 is 11.3 Å². The highest BCUT2D eigenvalue weighted by atomic mass is 15.3. The van der Waals surface area contributed by atoms with E-state index in [-0.39, 0.29) is 11.3 Å². The number of hydrazine groups is 1. The first-order valence-corrected chi connectivity index (χ1v) is 7.43. The van der Waals surface area contributed by atoms with Crippen LogP contribution in [0.5, 0.6) is 0 Å². The number of nitrogens with one attached hydrogen (secondary N) is 1. The van der Waals surface area contributed by atoms with E-state index in [0.717, 1.165) is 24.4 Å². The molecule has 3 rings (SSSR count). The molecule has 0 fully saturated rings. The minimum Gasteiger partial charge on any atom is -0.308 e. The predicted octanol–water partition coefficient (Wildman–Crippen LogP) is 3.14. The quantitative estimate of drug-likeness (QED) is 0.656. The molecule has 1 heterocycles. The van der Waals surface area contributed by atoms with Crippen molar-refractivity contribution in [3.05, 3.63) is 53.0 Å². The molecular weight excluding hydrogens is 260 g/mol. The van der Waals surface area contributed by atoms with Gasteiger partial charge in [-0.15, -0.1) is 0 Å². The number of hydrogen-bond donors (Lipinski definition) is 2. The number of nitrogens with zero attached hydrogens (tertiary/aromatic N) is 2. The fourth-order valence-corrected chi connectivity index (χ4v) is 2.91. The molecule has 4 heteroatoms. The normalized spacial score (nSPS) is 17.6. The molecule has 1 unspecified atom stereocenters. The van der Waals surface area contributed by atoms with Gasteiger partial charge < -0.3 is 5.43 Å². The minimum absolute atomic E-state index is 0.0264. The van der Waals surface area contributed by atoms with Crippen LogP contribution in [0.3, 0.4) is 0 Å². The Balaban J connectivity index is 2.07. The molecule has 0 saturated heterocycles. The molecule has 1 atom stereocenters. The Labute approximate surface area is 125 Å². The Morgan fingerprint density at radius 1 is 1.19 bits per heavy atom. The third kappa shape index (κ3) is 2.63. The standard InChI is InChI=1S/C17H22N4/c1-17(2,3)14-10-15(21-18)20-16(19-14)13-9-8-11-6-4-5-7-12(11)13/h4-7,10,13H,8-9,18H2,1-3H3,(H,19,20,21). The zero-order valence-electron chi connectivity index (χ0n) is 12.9. The molecule has 110 valence electrons. The fourth-order valence-electron chi connectivity index (χ4n) is 2.91. The van der Waals surface area contributed by atoms with E-state index in [1.54, 1.807) is 0 Å². The van der Waals surface area contributed by atoms with Crippen molar-refractivity contribution in [2.75, 3.05) is 5.43 Å². The summed E-state index contributed by atoms with van der Waals surface area (Å²) in [5.41, 5.74) is 6.43.